The zero-order valence-corrected chi connectivity index (χ0v) is 29.6. The Morgan fingerprint density at radius 1 is 0.491 bits per heavy atom. The minimum atomic E-state index is -2.43. The summed E-state index contributed by atoms with van der Waals surface area (Å²) in [6, 6.07) is 0. The molecule has 0 aliphatic carbocycles. The van der Waals surface area contributed by atoms with E-state index in [0.717, 1.165) is 0 Å². The van der Waals surface area contributed by atoms with Crippen molar-refractivity contribution in [1.29, 1.82) is 0 Å². The topological polar surface area (TPSA) is 437 Å². The number of aliphatic hydroxyl groups excluding tert-OH is 14. The van der Waals surface area contributed by atoms with E-state index >= 15 is 0 Å². The van der Waals surface area contributed by atoms with Gasteiger partial charge in [-0.15, -0.1) is 0 Å². The van der Waals surface area contributed by atoms with Crippen molar-refractivity contribution in [1.82, 2.24) is 0 Å². The molecule has 53 heavy (non-hydrogen) atoms. The average Bonchev–Trinajstić information content (AvgIpc) is 3.50. The van der Waals surface area contributed by atoms with Gasteiger partial charge in [-0.25, -0.2) is 0 Å². The first kappa shape index (κ1) is 48.1. The molecule has 4 rings (SSSR count). The summed E-state index contributed by atoms with van der Waals surface area (Å²) in [5.74, 6) is -4.86. The molecular formula is C26H42CaO26. The van der Waals surface area contributed by atoms with Gasteiger partial charge in [0.1, 0.15) is 85.5 Å². The maximum absolute atomic E-state index is 10.6. The number of aliphatic hydroxyl groups is 14. The van der Waals surface area contributed by atoms with E-state index in [9.17, 15) is 81.1 Å². The van der Waals surface area contributed by atoms with Gasteiger partial charge in [-0.05, 0) is 0 Å². The quantitative estimate of drug-likeness (QED) is 0.0642. The van der Waals surface area contributed by atoms with Crippen molar-refractivity contribution in [2.45, 2.75) is 110 Å². The first-order valence-electron chi connectivity index (χ1n) is 15.3. The van der Waals surface area contributed by atoms with E-state index in [1.54, 1.807) is 0 Å². The molecule has 0 saturated carbocycles. The summed E-state index contributed by atoms with van der Waals surface area (Å²) in [4.78, 5) is 21.1. The number of carbonyl (C=O) groups is 2. The zero-order chi connectivity index (χ0) is 39.3. The second-order valence-electron chi connectivity index (χ2n) is 11.9. The Kier molecular flexibility index (Phi) is 18.6. The molecule has 27 heteroatoms. The van der Waals surface area contributed by atoms with Crippen molar-refractivity contribution >= 4 is 50.0 Å². The van der Waals surface area contributed by atoms with Gasteiger partial charge in [0.05, 0.1) is 39.6 Å². The van der Waals surface area contributed by atoms with Crippen LogP contribution in [0.4, 0.5) is 9.59 Å². The molecule has 14 N–H and O–H groups in total. The van der Waals surface area contributed by atoms with E-state index in [4.69, 9.17) is 38.6 Å². The number of ether oxygens (including phenoxy) is 8. The Balaban J connectivity index is 0.000000360. The summed E-state index contributed by atoms with van der Waals surface area (Å²) < 4.78 is 39.5. The summed E-state index contributed by atoms with van der Waals surface area (Å²) in [6.45, 7) is -5.16. The molecule has 0 unspecified atom stereocenters. The Hall–Kier alpha value is -1.00. The molecule has 0 radical (unpaired) electrons. The average molecular weight is 811 g/mol. The van der Waals surface area contributed by atoms with Crippen LogP contribution in [-0.2, 0) is 37.9 Å². The van der Waals surface area contributed by atoms with Crippen LogP contribution >= 0.6 is 0 Å². The molecule has 0 spiro atoms. The van der Waals surface area contributed by atoms with E-state index in [2.05, 4.69) is 9.47 Å². The van der Waals surface area contributed by atoms with Crippen molar-refractivity contribution in [2.24, 2.45) is 0 Å². The largest absolute Gasteiger partial charge is 2.00 e. The van der Waals surface area contributed by atoms with E-state index in [1.165, 1.54) is 0 Å². The Morgan fingerprint density at radius 2 is 0.792 bits per heavy atom. The van der Waals surface area contributed by atoms with E-state index < -0.39 is 162 Å². The van der Waals surface area contributed by atoms with Gasteiger partial charge in [-0.3, -0.25) is 0 Å². The van der Waals surface area contributed by atoms with Crippen LogP contribution in [0.5, 0.6) is 0 Å². The van der Waals surface area contributed by atoms with Gasteiger partial charge in [-0.2, -0.15) is 0 Å². The maximum Gasteiger partial charge on any atom is 2.00 e. The summed E-state index contributed by atoms with van der Waals surface area (Å²) >= 11 is 0. The molecule has 26 nitrogen and oxygen atoms in total. The van der Waals surface area contributed by atoms with Gasteiger partial charge >= 0.3 is 37.7 Å². The summed E-state index contributed by atoms with van der Waals surface area (Å²) in [5, 5.41) is 157. The van der Waals surface area contributed by atoms with Crippen molar-refractivity contribution in [2.75, 3.05) is 39.6 Å². The number of hydrogen-bond acceptors (Lipinski definition) is 26. The summed E-state index contributed by atoms with van der Waals surface area (Å²) in [7, 11) is 0. The van der Waals surface area contributed by atoms with E-state index in [0.29, 0.717) is 0 Å². The fourth-order valence-electron chi connectivity index (χ4n) is 5.55. The third-order valence-corrected chi connectivity index (χ3v) is 8.48. The zero-order valence-electron chi connectivity index (χ0n) is 27.3. The number of hydrogen-bond donors (Lipinski definition) is 14. The monoisotopic (exact) mass is 810 g/mol. The second kappa shape index (κ2) is 20.4. The number of rotatable bonds is 12. The Labute approximate surface area is 327 Å². The smallest absolute Gasteiger partial charge is 0.544 e. The van der Waals surface area contributed by atoms with Crippen LogP contribution in [0.25, 0.3) is 0 Å². The summed E-state index contributed by atoms with van der Waals surface area (Å²) in [6.07, 6.45) is -31.3. The van der Waals surface area contributed by atoms with Crippen LogP contribution in [0.1, 0.15) is 0 Å². The third kappa shape index (κ3) is 10.7. The van der Waals surface area contributed by atoms with Gasteiger partial charge in [0, 0.05) is 0 Å². The van der Waals surface area contributed by atoms with Crippen LogP contribution in [0.3, 0.4) is 0 Å². The van der Waals surface area contributed by atoms with Gasteiger partial charge < -0.3 is 129 Å². The van der Waals surface area contributed by atoms with E-state index in [1.807, 2.05) is 0 Å². The van der Waals surface area contributed by atoms with Gasteiger partial charge in [0.15, 0.2) is 12.6 Å². The Morgan fingerprint density at radius 3 is 1.04 bits per heavy atom. The van der Waals surface area contributed by atoms with Crippen molar-refractivity contribution in [3.05, 3.63) is 0 Å². The standard InChI is InChI=1S/2C13H22O13.Ca/c2*14-1-4-6(16)8(18)9(19)11(24-4)26-13(3-23-12(21)22)10(20)7(17)5(2-15)25-13;/h2*4-11,14-20H,1-3H2,(H,21,22);/q;;+2/p-2/t2*4-,5-,6-,7-,8+,9-,10+,11-,13+;/m11./s1. The molecule has 4 heterocycles. The van der Waals surface area contributed by atoms with Crippen LogP contribution in [0.2, 0.25) is 0 Å². The van der Waals surface area contributed by atoms with Crippen LogP contribution in [0, 0.1) is 0 Å². The molecular weight excluding hydrogens is 768 g/mol. The molecule has 0 bridgehead atoms. The fourth-order valence-corrected chi connectivity index (χ4v) is 5.55. The predicted molar refractivity (Wildman–Crippen MR) is 152 cm³/mol. The summed E-state index contributed by atoms with van der Waals surface area (Å²) in [5.41, 5.74) is 0. The molecule has 4 fully saturated rings. The van der Waals surface area contributed by atoms with Gasteiger partial charge in [0.2, 0.25) is 11.6 Å². The predicted octanol–water partition coefficient (Wildman–Crippen LogP) is -12.4. The molecule has 0 aromatic rings. The van der Waals surface area contributed by atoms with E-state index in [-0.39, 0.29) is 37.7 Å². The molecule has 0 aromatic heterocycles. The van der Waals surface area contributed by atoms with Crippen LogP contribution in [-0.4, -0.2) is 271 Å². The van der Waals surface area contributed by atoms with Crippen molar-refractivity contribution in [3.8, 4) is 0 Å². The molecule has 0 amide bonds. The van der Waals surface area contributed by atoms with Crippen LogP contribution in [0.15, 0.2) is 0 Å². The Bertz CT molecular complexity index is 1070. The number of carbonyl (C=O) groups excluding carboxylic acids is 2. The third-order valence-electron chi connectivity index (χ3n) is 8.48. The fraction of sp³-hybridized carbons (Fsp3) is 0.923. The van der Waals surface area contributed by atoms with Crippen molar-refractivity contribution < 1.29 is 129 Å². The molecule has 304 valence electrons. The maximum atomic E-state index is 10.6. The van der Waals surface area contributed by atoms with Gasteiger partial charge in [-0.1, -0.05) is 0 Å². The first-order valence-corrected chi connectivity index (χ1v) is 15.3. The SMILES string of the molecule is O=C([O-])OC[C@@]1(O[C@H]2O[C@H](CO)[C@@H](O)[C@H](O)[C@H]2O)O[C@H](CO)[C@@H](O)[C@@H]1O.O=C([O-])OC[C@@]1(O[C@H]2O[C@H](CO)[C@@H](O)[C@H](O)[C@H]2O)O[C@H](CO)[C@@H](O)[C@@H]1O.[Ca+2]. The van der Waals surface area contributed by atoms with Crippen molar-refractivity contribution in [3.63, 3.8) is 0 Å². The minimum absolute atomic E-state index is 0. The second-order valence-corrected chi connectivity index (χ2v) is 11.9. The van der Waals surface area contributed by atoms with Crippen LogP contribution < -0.4 is 10.2 Å². The molecule has 0 aromatic carbocycles. The first-order chi connectivity index (χ1) is 24.3. The molecule has 4 aliphatic heterocycles. The molecule has 4 saturated heterocycles. The molecule has 18 atom stereocenters. The molecule has 4 aliphatic rings. The minimum Gasteiger partial charge on any atom is -0.544 e. The van der Waals surface area contributed by atoms with Gasteiger partial charge in [0.25, 0.3) is 12.3 Å². The normalized spacial score (nSPS) is 45.4. The number of carboxylic acid groups (broad SMARTS) is 2.